The number of fused-ring (bicyclic) bond motifs is 3. The van der Waals surface area contributed by atoms with Crippen LogP contribution >= 0.6 is 0 Å². The van der Waals surface area contributed by atoms with Gasteiger partial charge in [-0.1, -0.05) is 30.3 Å². The van der Waals surface area contributed by atoms with Crippen molar-refractivity contribution in [2.75, 3.05) is 25.1 Å². The minimum atomic E-state index is -0.558. The van der Waals surface area contributed by atoms with Crippen LogP contribution in [0.2, 0.25) is 0 Å². The highest BCUT2D eigenvalue weighted by Crippen LogP contribution is 2.45. The maximum atomic E-state index is 11.6. The number of nitrogens with one attached hydrogen (secondary N) is 2. The molecule has 1 aromatic carbocycles. The molecule has 2 fully saturated rings. The summed E-state index contributed by atoms with van der Waals surface area (Å²) in [5.74, 6) is 1.18. The Morgan fingerprint density at radius 3 is 2.85 bits per heavy atom. The molecule has 2 aliphatic heterocycles. The number of benzene rings is 1. The van der Waals surface area contributed by atoms with Crippen molar-refractivity contribution in [1.82, 2.24) is 15.0 Å². The first-order chi connectivity index (χ1) is 19.6. The fourth-order valence-electron chi connectivity index (χ4n) is 5.87. The molecule has 4 aromatic rings. The number of carbonyl (C=O) groups is 1. The van der Waals surface area contributed by atoms with Gasteiger partial charge >= 0.3 is 0 Å². The zero-order chi connectivity index (χ0) is 27.1. The van der Waals surface area contributed by atoms with Gasteiger partial charge in [-0.3, -0.25) is 4.79 Å². The lowest BCUT2D eigenvalue weighted by molar-refractivity contribution is -0.114. The van der Waals surface area contributed by atoms with Gasteiger partial charge < -0.3 is 29.2 Å². The van der Waals surface area contributed by atoms with E-state index >= 15 is 0 Å². The molecule has 2 N–H and O–H groups in total. The Morgan fingerprint density at radius 2 is 2.05 bits per heavy atom. The fourth-order valence-corrected chi connectivity index (χ4v) is 5.87. The van der Waals surface area contributed by atoms with Crippen molar-refractivity contribution in [2.45, 2.75) is 57.0 Å². The molecule has 7 rings (SSSR count). The van der Waals surface area contributed by atoms with Crippen molar-refractivity contribution in [3.63, 3.8) is 0 Å². The third-order valence-corrected chi connectivity index (χ3v) is 8.05. The first-order valence-electron chi connectivity index (χ1n) is 13.9. The summed E-state index contributed by atoms with van der Waals surface area (Å²) in [6.07, 6.45) is 7.13. The molecule has 1 unspecified atom stereocenters. The number of amides is 1. The Bertz CT molecular complexity index is 1540. The lowest BCUT2D eigenvalue weighted by Gasteiger charge is -2.38. The van der Waals surface area contributed by atoms with E-state index in [0.29, 0.717) is 32.2 Å². The van der Waals surface area contributed by atoms with E-state index in [-0.39, 0.29) is 18.1 Å². The molecule has 1 amide bonds. The Labute approximate surface area is 232 Å². The van der Waals surface area contributed by atoms with Gasteiger partial charge in [-0.15, -0.1) is 0 Å². The summed E-state index contributed by atoms with van der Waals surface area (Å²) in [7, 11) is 0. The van der Waals surface area contributed by atoms with E-state index < -0.39 is 5.60 Å². The summed E-state index contributed by atoms with van der Waals surface area (Å²) < 4.78 is 24.9. The molecular formula is C31H32N4O5. The lowest BCUT2D eigenvalue weighted by Crippen LogP contribution is -2.41. The van der Waals surface area contributed by atoms with Gasteiger partial charge in [0.15, 0.2) is 0 Å². The average Bonchev–Trinajstić information content (AvgIpc) is 3.58. The summed E-state index contributed by atoms with van der Waals surface area (Å²) in [6.45, 7) is 3.82. The van der Waals surface area contributed by atoms with Crippen molar-refractivity contribution in [3.05, 3.63) is 71.7 Å². The molecule has 40 heavy (non-hydrogen) atoms. The minimum Gasteiger partial charge on any atom is -0.490 e. The standard InChI is InChI=1S/C31H32N4O5/c1-19(36)34-29-13-24-25(15-32-27(24)16-33-29)26-14-28(23-7-9-39-31(30(23)35-26)8-10-37-18-31)40-22-11-21(12-22)38-17-20-5-3-2-4-6-20/h2-6,13-16,21-22,32H,7-12,17-18H2,1H3,(H,33,34,36). The zero-order valence-corrected chi connectivity index (χ0v) is 22.4. The second-order valence-electron chi connectivity index (χ2n) is 10.9. The number of H-pyrrole nitrogens is 1. The van der Waals surface area contributed by atoms with E-state index in [2.05, 4.69) is 27.4 Å². The highest BCUT2D eigenvalue weighted by atomic mass is 16.6. The van der Waals surface area contributed by atoms with E-state index in [9.17, 15) is 4.79 Å². The maximum absolute atomic E-state index is 11.6. The van der Waals surface area contributed by atoms with Crippen LogP contribution in [0.3, 0.4) is 0 Å². The smallest absolute Gasteiger partial charge is 0.222 e. The largest absolute Gasteiger partial charge is 0.490 e. The van der Waals surface area contributed by atoms with Crippen LogP contribution in [0.4, 0.5) is 5.82 Å². The van der Waals surface area contributed by atoms with E-state index in [1.165, 1.54) is 12.5 Å². The number of anilines is 1. The normalized spacial score (nSPS) is 23.6. The number of rotatable bonds is 7. The maximum Gasteiger partial charge on any atom is 0.222 e. The monoisotopic (exact) mass is 540 g/mol. The molecule has 0 bridgehead atoms. The molecule has 9 nitrogen and oxygen atoms in total. The molecule has 1 spiro atoms. The second kappa shape index (κ2) is 10.3. The van der Waals surface area contributed by atoms with Crippen LogP contribution in [0.5, 0.6) is 5.75 Å². The molecule has 5 heterocycles. The van der Waals surface area contributed by atoms with Crippen LogP contribution in [0.15, 0.2) is 54.9 Å². The van der Waals surface area contributed by atoms with Gasteiger partial charge in [0, 0.05) is 68.0 Å². The quantitative estimate of drug-likeness (QED) is 0.343. The molecule has 1 atom stereocenters. The van der Waals surface area contributed by atoms with Crippen LogP contribution in [-0.2, 0) is 37.6 Å². The number of nitrogens with zero attached hydrogens (tertiary/aromatic N) is 2. The summed E-state index contributed by atoms with van der Waals surface area (Å²) in [4.78, 5) is 24.5. The molecule has 1 aliphatic carbocycles. The number of aromatic amines is 1. The van der Waals surface area contributed by atoms with Crippen molar-refractivity contribution in [3.8, 4) is 17.0 Å². The number of hydrogen-bond acceptors (Lipinski definition) is 7. The first-order valence-corrected chi connectivity index (χ1v) is 13.9. The van der Waals surface area contributed by atoms with Crippen LogP contribution in [0, 0.1) is 0 Å². The number of aromatic nitrogens is 3. The van der Waals surface area contributed by atoms with E-state index in [1.54, 1.807) is 6.20 Å². The summed E-state index contributed by atoms with van der Waals surface area (Å²) in [5.41, 5.74) is 5.19. The average molecular weight is 541 g/mol. The molecule has 3 aromatic heterocycles. The Balaban J connectivity index is 1.19. The Morgan fingerprint density at radius 1 is 1.18 bits per heavy atom. The topological polar surface area (TPSA) is 108 Å². The predicted octanol–water partition coefficient (Wildman–Crippen LogP) is 4.90. The third kappa shape index (κ3) is 4.74. The SMILES string of the molecule is CC(=O)Nc1cc2c(-c3cc(OC4CC(OCc5ccccc5)C4)c4c(n3)C3(CCOC3)OCC4)c[nH]c2cn1. The zero-order valence-electron chi connectivity index (χ0n) is 22.4. The number of pyridine rings is 2. The van der Waals surface area contributed by atoms with Gasteiger partial charge in [0.2, 0.25) is 5.91 Å². The summed E-state index contributed by atoms with van der Waals surface area (Å²) in [6, 6.07) is 14.2. The number of hydrogen-bond donors (Lipinski definition) is 2. The van der Waals surface area contributed by atoms with Gasteiger partial charge in [-0.2, -0.15) is 0 Å². The molecule has 0 radical (unpaired) electrons. The van der Waals surface area contributed by atoms with Crippen LogP contribution in [0.1, 0.15) is 43.0 Å². The highest BCUT2D eigenvalue weighted by molar-refractivity contribution is 5.97. The van der Waals surface area contributed by atoms with Gasteiger partial charge in [-0.25, -0.2) is 9.97 Å². The third-order valence-electron chi connectivity index (χ3n) is 8.05. The molecule has 3 aliphatic rings. The van der Waals surface area contributed by atoms with Crippen molar-refractivity contribution < 1.29 is 23.7 Å². The fraction of sp³-hybridized carbons (Fsp3) is 0.387. The van der Waals surface area contributed by atoms with Crippen LogP contribution in [-0.4, -0.2) is 52.9 Å². The Hall–Kier alpha value is -3.79. The van der Waals surface area contributed by atoms with Crippen molar-refractivity contribution >= 4 is 22.6 Å². The van der Waals surface area contributed by atoms with E-state index in [0.717, 1.165) is 64.9 Å². The predicted molar refractivity (Wildman–Crippen MR) is 149 cm³/mol. The second-order valence-corrected chi connectivity index (χ2v) is 10.9. The van der Waals surface area contributed by atoms with Crippen LogP contribution < -0.4 is 10.1 Å². The molecule has 1 saturated carbocycles. The van der Waals surface area contributed by atoms with Gasteiger partial charge in [0.1, 0.15) is 23.3 Å². The molecule has 1 saturated heterocycles. The van der Waals surface area contributed by atoms with Crippen molar-refractivity contribution in [2.24, 2.45) is 0 Å². The minimum absolute atomic E-state index is 0.0808. The number of carbonyl (C=O) groups excluding carboxylic acids is 1. The molecule has 9 heteroatoms. The summed E-state index contributed by atoms with van der Waals surface area (Å²) >= 11 is 0. The number of ether oxygens (including phenoxy) is 4. The van der Waals surface area contributed by atoms with Crippen molar-refractivity contribution in [1.29, 1.82) is 0 Å². The lowest BCUT2D eigenvalue weighted by atomic mass is 9.88. The van der Waals surface area contributed by atoms with Gasteiger partial charge in [0.05, 0.1) is 49.0 Å². The van der Waals surface area contributed by atoms with E-state index in [1.807, 2.05) is 36.5 Å². The highest BCUT2D eigenvalue weighted by Gasteiger charge is 2.45. The first kappa shape index (κ1) is 25.2. The molecule has 206 valence electrons. The Kier molecular flexibility index (Phi) is 6.50. The molecular weight excluding hydrogens is 508 g/mol. The van der Waals surface area contributed by atoms with E-state index in [4.69, 9.17) is 23.9 Å². The van der Waals surface area contributed by atoms with Gasteiger partial charge in [0.25, 0.3) is 0 Å². The summed E-state index contributed by atoms with van der Waals surface area (Å²) in [5, 5.41) is 3.70. The van der Waals surface area contributed by atoms with Gasteiger partial charge in [-0.05, 0) is 11.6 Å². The van der Waals surface area contributed by atoms with Crippen LogP contribution in [0.25, 0.3) is 22.2 Å².